The monoisotopic (exact) mass is 336 g/mol. The van der Waals surface area contributed by atoms with Gasteiger partial charge < -0.3 is 10.5 Å². The van der Waals surface area contributed by atoms with Gasteiger partial charge in [-0.2, -0.15) is 4.59 Å². The SMILES string of the molecule is Cc1cc(/C=C/C2=N[N+](C)(C)c3ccccc32)ccc1OCC(N)=O. The van der Waals surface area contributed by atoms with Crippen molar-refractivity contribution in [2.45, 2.75) is 6.92 Å². The highest BCUT2D eigenvalue weighted by Crippen LogP contribution is 2.32. The number of para-hydroxylation sites is 1. The lowest BCUT2D eigenvalue weighted by molar-refractivity contribution is -0.119. The topological polar surface area (TPSA) is 64.7 Å². The summed E-state index contributed by atoms with van der Waals surface area (Å²) in [5, 5.41) is 4.78. The smallest absolute Gasteiger partial charge is 0.255 e. The number of benzene rings is 2. The van der Waals surface area contributed by atoms with Gasteiger partial charge in [0.25, 0.3) is 5.91 Å². The lowest BCUT2D eigenvalue weighted by atomic mass is 10.1. The number of ether oxygens (including phenoxy) is 1. The van der Waals surface area contributed by atoms with Crippen molar-refractivity contribution in [3.8, 4) is 5.75 Å². The highest BCUT2D eigenvalue weighted by molar-refractivity contribution is 6.15. The first kappa shape index (κ1) is 16.9. The molecule has 0 bridgehead atoms. The van der Waals surface area contributed by atoms with Gasteiger partial charge in [-0.1, -0.05) is 29.4 Å². The average Bonchev–Trinajstić information content (AvgIpc) is 2.83. The van der Waals surface area contributed by atoms with Gasteiger partial charge in [-0.05, 0) is 42.3 Å². The number of carbonyl (C=O) groups is 1. The number of fused-ring (bicyclic) bond motifs is 1. The highest BCUT2D eigenvalue weighted by Gasteiger charge is 2.31. The molecule has 0 spiro atoms. The van der Waals surface area contributed by atoms with E-state index in [0.29, 0.717) is 10.3 Å². The van der Waals surface area contributed by atoms with Crippen LogP contribution < -0.4 is 15.1 Å². The van der Waals surface area contributed by atoms with Crippen molar-refractivity contribution in [3.63, 3.8) is 0 Å². The number of hydrogen-bond acceptors (Lipinski definition) is 3. The van der Waals surface area contributed by atoms with E-state index >= 15 is 0 Å². The summed E-state index contributed by atoms with van der Waals surface area (Å²) < 4.78 is 5.87. The van der Waals surface area contributed by atoms with E-state index in [1.807, 2.05) is 49.4 Å². The van der Waals surface area contributed by atoms with E-state index in [9.17, 15) is 4.79 Å². The van der Waals surface area contributed by atoms with Crippen molar-refractivity contribution in [1.29, 1.82) is 0 Å². The summed E-state index contributed by atoms with van der Waals surface area (Å²) in [5.74, 6) is 0.180. The fourth-order valence-corrected chi connectivity index (χ4v) is 2.93. The molecule has 1 amide bonds. The van der Waals surface area contributed by atoms with Gasteiger partial charge in [0, 0.05) is 6.07 Å². The Labute approximate surface area is 147 Å². The van der Waals surface area contributed by atoms with E-state index < -0.39 is 5.91 Å². The predicted octanol–water partition coefficient (Wildman–Crippen LogP) is 2.86. The molecule has 0 unspecified atom stereocenters. The normalized spacial score (nSPS) is 15.1. The minimum Gasteiger partial charge on any atom is -0.484 e. The summed E-state index contributed by atoms with van der Waals surface area (Å²) in [4.78, 5) is 10.8. The van der Waals surface area contributed by atoms with Crippen LogP contribution in [-0.2, 0) is 4.79 Å². The summed E-state index contributed by atoms with van der Waals surface area (Å²) in [6.07, 6.45) is 4.07. The second kappa shape index (κ2) is 6.53. The maximum Gasteiger partial charge on any atom is 0.255 e. The van der Waals surface area contributed by atoms with Crippen LogP contribution in [0.3, 0.4) is 0 Å². The third-order valence-corrected chi connectivity index (χ3v) is 4.13. The molecule has 0 saturated heterocycles. The highest BCUT2D eigenvalue weighted by atomic mass is 16.5. The molecule has 25 heavy (non-hydrogen) atoms. The van der Waals surface area contributed by atoms with Crippen molar-refractivity contribution in [1.82, 2.24) is 4.59 Å². The van der Waals surface area contributed by atoms with Crippen molar-refractivity contribution >= 4 is 23.4 Å². The zero-order valence-corrected chi connectivity index (χ0v) is 14.7. The molecule has 0 saturated carbocycles. The van der Waals surface area contributed by atoms with Crippen molar-refractivity contribution in [2.24, 2.45) is 10.8 Å². The standard InChI is InChI=1S/C20H21N3O2/c1-14-12-15(9-11-19(14)25-13-20(21)24)8-10-17-16-6-4-5-7-18(16)23(2,3)22-17/h4-12H,13H2,1-3H3,(H-,21,24)/p+1/b10-8+. The first-order valence-electron chi connectivity index (χ1n) is 8.11. The molecule has 0 aromatic heterocycles. The molecule has 1 heterocycles. The predicted molar refractivity (Wildman–Crippen MR) is 102 cm³/mol. The van der Waals surface area contributed by atoms with E-state index in [1.165, 1.54) is 5.69 Å². The molecule has 2 aromatic carbocycles. The van der Waals surface area contributed by atoms with Crippen molar-refractivity contribution in [3.05, 3.63) is 65.2 Å². The summed E-state index contributed by atoms with van der Waals surface area (Å²) in [7, 11) is 4.13. The van der Waals surface area contributed by atoms with Gasteiger partial charge in [-0.15, -0.1) is 0 Å². The number of carbonyl (C=O) groups excluding carboxylic acids is 1. The Morgan fingerprint density at radius 1 is 1.20 bits per heavy atom. The maximum absolute atomic E-state index is 10.8. The zero-order valence-electron chi connectivity index (χ0n) is 14.7. The largest absolute Gasteiger partial charge is 0.484 e. The van der Waals surface area contributed by atoms with Gasteiger partial charge in [0.05, 0.1) is 19.7 Å². The fourth-order valence-electron chi connectivity index (χ4n) is 2.93. The van der Waals surface area contributed by atoms with Crippen LogP contribution in [0.25, 0.3) is 6.08 Å². The summed E-state index contributed by atoms with van der Waals surface area (Å²) in [5.41, 5.74) is 10.4. The first-order chi connectivity index (χ1) is 11.9. The van der Waals surface area contributed by atoms with Gasteiger partial charge in [-0.3, -0.25) is 4.79 Å². The van der Waals surface area contributed by atoms with Crippen LogP contribution in [0.5, 0.6) is 5.75 Å². The molecule has 1 aliphatic rings. The Balaban J connectivity index is 1.81. The fraction of sp³-hybridized carbons (Fsp3) is 0.200. The number of nitrogens with zero attached hydrogens (tertiary/aromatic N) is 2. The van der Waals surface area contributed by atoms with E-state index in [2.05, 4.69) is 26.2 Å². The van der Waals surface area contributed by atoms with E-state index in [0.717, 1.165) is 22.4 Å². The number of quaternary nitrogens is 1. The van der Waals surface area contributed by atoms with E-state index in [4.69, 9.17) is 15.6 Å². The van der Waals surface area contributed by atoms with Crippen LogP contribution in [0.4, 0.5) is 5.69 Å². The maximum atomic E-state index is 10.8. The van der Waals surface area contributed by atoms with Crippen molar-refractivity contribution in [2.75, 3.05) is 20.7 Å². The van der Waals surface area contributed by atoms with Crippen LogP contribution in [0, 0.1) is 6.92 Å². The Bertz CT molecular complexity index is 882. The first-order valence-corrected chi connectivity index (χ1v) is 8.11. The molecule has 2 N–H and O–H groups in total. The second-order valence-electron chi connectivity index (χ2n) is 6.51. The third-order valence-electron chi connectivity index (χ3n) is 4.13. The van der Waals surface area contributed by atoms with E-state index in [-0.39, 0.29) is 6.61 Å². The number of hydrogen-bond donors (Lipinski definition) is 1. The minimum atomic E-state index is -0.484. The Hall–Kier alpha value is -2.92. The summed E-state index contributed by atoms with van der Waals surface area (Å²) in [6, 6.07) is 14.1. The van der Waals surface area contributed by atoms with Crippen LogP contribution in [0.1, 0.15) is 16.7 Å². The number of nitrogens with two attached hydrogens (primary N) is 1. The molecule has 0 radical (unpaired) electrons. The molecule has 0 fully saturated rings. The Kier molecular flexibility index (Phi) is 4.42. The molecule has 0 aliphatic carbocycles. The molecule has 5 nitrogen and oxygen atoms in total. The number of amides is 1. The molecular formula is C20H22N3O2+. The van der Waals surface area contributed by atoms with Crippen LogP contribution >= 0.6 is 0 Å². The molecule has 128 valence electrons. The van der Waals surface area contributed by atoms with Crippen LogP contribution in [-0.4, -0.2) is 32.3 Å². The zero-order chi connectivity index (χ0) is 18.0. The number of allylic oxidation sites excluding steroid dienone is 1. The quantitative estimate of drug-likeness (QED) is 0.853. The minimum absolute atomic E-state index is 0.114. The summed E-state index contributed by atoms with van der Waals surface area (Å²) in [6.45, 7) is 1.83. The summed E-state index contributed by atoms with van der Waals surface area (Å²) >= 11 is 0. The van der Waals surface area contributed by atoms with Gasteiger partial charge in [0.1, 0.15) is 11.5 Å². The Morgan fingerprint density at radius 3 is 2.68 bits per heavy atom. The van der Waals surface area contributed by atoms with Gasteiger partial charge >= 0.3 is 0 Å². The van der Waals surface area contributed by atoms with Gasteiger partial charge in [0.15, 0.2) is 12.3 Å². The molecule has 1 aliphatic heterocycles. The molecule has 0 atom stereocenters. The van der Waals surface area contributed by atoms with Crippen LogP contribution in [0.2, 0.25) is 0 Å². The molecule has 3 rings (SSSR count). The lowest BCUT2D eigenvalue weighted by Crippen LogP contribution is -2.31. The average molecular weight is 336 g/mol. The van der Waals surface area contributed by atoms with Crippen LogP contribution in [0.15, 0.2) is 53.6 Å². The molecule has 2 aromatic rings. The number of primary amides is 1. The number of aryl methyl sites for hydroxylation is 1. The van der Waals surface area contributed by atoms with Crippen molar-refractivity contribution < 1.29 is 9.53 Å². The Morgan fingerprint density at radius 2 is 1.96 bits per heavy atom. The molecular weight excluding hydrogens is 314 g/mol. The second-order valence-corrected chi connectivity index (χ2v) is 6.51. The lowest BCUT2D eigenvalue weighted by Gasteiger charge is -2.17. The number of rotatable bonds is 5. The van der Waals surface area contributed by atoms with Gasteiger partial charge in [-0.25, -0.2) is 0 Å². The van der Waals surface area contributed by atoms with Gasteiger partial charge in [0.2, 0.25) is 0 Å². The molecule has 5 heteroatoms. The van der Waals surface area contributed by atoms with E-state index in [1.54, 1.807) is 0 Å². The third kappa shape index (κ3) is 3.61.